The third-order valence-corrected chi connectivity index (χ3v) is 3.68. The maximum atomic E-state index is 13.3. The summed E-state index contributed by atoms with van der Waals surface area (Å²) in [4.78, 5) is 22.3. The highest BCUT2D eigenvalue weighted by Gasteiger charge is 2.15. The van der Waals surface area contributed by atoms with Gasteiger partial charge in [-0.15, -0.1) is 0 Å². The van der Waals surface area contributed by atoms with E-state index >= 15 is 0 Å². The molecule has 2 aromatic rings. The van der Waals surface area contributed by atoms with E-state index in [-0.39, 0.29) is 23.7 Å². The van der Waals surface area contributed by atoms with E-state index in [1.54, 1.807) is 6.92 Å². The van der Waals surface area contributed by atoms with Gasteiger partial charge in [0.15, 0.2) is 11.6 Å². The lowest BCUT2D eigenvalue weighted by Gasteiger charge is -2.15. The molecule has 0 aliphatic carbocycles. The highest BCUT2D eigenvalue weighted by molar-refractivity contribution is 5.94. The fourth-order valence-corrected chi connectivity index (χ4v) is 2.25. The average molecular weight is 365 g/mol. The average Bonchev–Trinajstić information content (AvgIpc) is 2.61. The predicted molar refractivity (Wildman–Crippen MR) is 91.1 cm³/mol. The van der Waals surface area contributed by atoms with Gasteiger partial charge in [-0.1, -0.05) is 6.07 Å². The monoisotopic (exact) mass is 365 g/mol. The van der Waals surface area contributed by atoms with Crippen molar-refractivity contribution in [1.29, 1.82) is 0 Å². The largest absolute Gasteiger partial charge is 0.495 e. The van der Waals surface area contributed by atoms with Gasteiger partial charge in [-0.3, -0.25) is 14.9 Å². The highest BCUT2D eigenvalue weighted by Crippen LogP contribution is 2.28. The van der Waals surface area contributed by atoms with Gasteiger partial charge in [0.2, 0.25) is 5.91 Å². The molecule has 0 aliphatic heterocycles. The second kappa shape index (κ2) is 8.34. The van der Waals surface area contributed by atoms with Gasteiger partial charge in [-0.05, 0) is 30.7 Å². The summed E-state index contributed by atoms with van der Waals surface area (Å²) in [6.45, 7) is 1.54. The predicted octanol–water partition coefficient (Wildman–Crippen LogP) is 3.17. The van der Waals surface area contributed by atoms with Crippen molar-refractivity contribution in [2.75, 3.05) is 19.0 Å². The Morgan fingerprint density at radius 3 is 2.58 bits per heavy atom. The number of nitrogens with zero attached hydrogens (tertiary/aromatic N) is 1. The fraction of sp³-hybridized carbons (Fsp3) is 0.235. The second-order valence-corrected chi connectivity index (χ2v) is 5.47. The number of nitro benzene ring substituents is 1. The van der Waals surface area contributed by atoms with Crippen LogP contribution in [-0.2, 0) is 4.79 Å². The van der Waals surface area contributed by atoms with Gasteiger partial charge < -0.3 is 15.4 Å². The van der Waals surface area contributed by atoms with Gasteiger partial charge in [0.05, 0.1) is 24.3 Å². The molecule has 2 N–H and O–H groups in total. The number of hydrogen-bond acceptors (Lipinski definition) is 5. The molecular weight excluding hydrogens is 348 g/mol. The van der Waals surface area contributed by atoms with Crippen molar-refractivity contribution in [3.63, 3.8) is 0 Å². The van der Waals surface area contributed by atoms with Crippen LogP contribution in [-0.4, -0.2) is 24.5 Å². The maximum Gasteiger partial charge on any atom is 0.271 e. The van der Waals surface area contributed by atoms with Gasteiger partial charge in [0, 0.05) is 18.2 Å². The van der Waals surface area contributed by atoms with Crippen LogP contribution in [0.1, 0.15) is 18.5 Å². The Bertz CT molecular complexity index is 830. The number of ether oxygens (including phenoxy) is 1. The molecule has 26 heavy (non-hydrogen) atoms. The molecule has 7 nitrogen and oxygen atoms in total. The molecule has 0 unspecified atom stereocenters. The van der Waals surface area contributed by atoms with Gasteiger partial charge >= 0.3 is 0 Å². The number of amides is 1. The third-order valence-electron chi connectivity index (χ3n) is 3.68. The van der Waals surface area contributed by atoms with Crippen molar-refractivity contribution in [2.45, 2.75) is 13.0 Å². The van der Waals surface area contributed by atoms with Gasteiger partial charge in [-0.2, -0.15) is 0 Å². The van der Waals surface area contributed by atoms with Crippen molar-refractivity contribution < 1.29 is 23.2 Å². The molecule has 1 amide bonds. The molecule has 0 saturated heterocycles. The lowest BCUT2D eigenvalue weighted by atomic mass is 10.1. The number of anilines is 1. The normalized spacial score (nSPS) is 11.7. The number of hydrogen-bond donors (Lipinski definition) is 2. The number of nitrogens with one attached hydrogen (secondary N) is 2. The molecule has 0 radical (unpaired) electrons. The first-order valence-electron chi connectivity index (χ1n) is 7.62. The van der Waals surface area contributed by atoms with Crippen LogP contribution in [0.4, 0.5) is 20.2 Å². The number of carbonyl (C=O) groups excluding carboxylic acids is 1. The lowest BCUT2D eigenvalue weighted by molar-refractivity contribution is -0.384. The minimum Gasteiger partial charge on any atom is -0.495 e. The molecule has 2 rings (SSSR count). The Kier molecular flexibility index (Phi) is 6.18. The van der Waals surface area contributed by atoms with Crippen LogP contribution in [0.5, 0.6) is 5.75 Å². The van der Waals surface area contributed by atoms with Crippen molar-refractivity contribution in [1.82, 2.24) is 5.32 Å². The van der Waals surface area contributed by atoms with Crippen LogP contribution in [0.15, 0.2) is 36.4 Å². The van der Waals surface area contributed by atoms with E-state index in [0.29, 0.717) is 5.56 Å². The van der Waals surface area contributed by atoms with E-state index in [9.17, 15) is 23.7 Å². The molecule has 0 fully saturated rings. The molecule has 0 heterocycles. The molecule has 0 bridgehead atoms. The summed E-state index contributed by atoms with van der Waals surface area (Å²) in [5, 5.41) is 16.2. The first-order valence-corrected chi connectivity index (χ1v) is 7.62. The zero-order chi connectivity index (χ0) is 19.3. The summed E-state index contributed by atoms with van der Waals surface area (Å²) in [5.41, 5.74) is 0.447. The Hall–Kier alpha value is -3.07. The molecule has 9 heteroatoms. The summed E-state index contributed by atoms with van der Waals surface area (Å²) in [7, 11) is 1.38. The number of methoxy groups -OCH3 is 1. The molecule has 138 valence electrons. The number of carbonyl (C=O) groups is 1. The number of non-ortho nitro benzene ring substituents is 1. The van der Waals surface area contributed by atoms with Gasteiger partial charge in [-0.25, -0.2) is 8.78 Å². The fourth-order valence-electron chi connectivity index (χ4n) is 2.25. The molecule has 2 aromatic carbocycles. The van der Waals surface area contributed by atoms with Crippen LogP contribution in [0.3, 0.4) is 0 Å². The van der Waals surface area contributed by atoms with E-state index < -0.39 is 28.5 Å². The quantitative estimate of drug-likeness (QED) is 0.581. The molecule has 0 spiro atoms. The van der Waals surface area contributed by atoms with E-state index in [1.165, 1.54) is 31.4 Å². The minimum absolute atomic E-state index is 0.147. The minimum atomic E-state index is -0.970. The SMILES string of the molecule is COc1ccc([N+](=O)[O-])cc1NC(=O)CN[C@H](C)c1ccc(F)c(F)c1. The van der Waals surface area contributed by atoms with E-state index in [2.05, 4.69) is 10.6 Å². The zero-order valence-corrected chi connectivity index (χ0v) is 14.1. The Labute approximate surface area is 148 Å². The maximum absolute atomic E-state index is 13.3. The summed E-state index contributed by atoms with van der Waals surface area (Å²) in [6, 6.07) is 6.89. The summed E-state index contributed by atoms with van der Waals surface area (Å²) >= 11 is 0. The molecule has 0 saturated carbocycles. The van der Waals surface area contributed by atoms with Gasteiger partial charge in [0.1, 0.15) is 5.75 Å². The van der Waals surface area contributed by atoms with Crippen LogP contribution < -0.4 is 15.4 Å². The second-order valence-electron chi connectivity index (χ2n) is 5.47. The number of rotatable bonds is 7. The summed E-state index contributed by atoms with van der Waals surface area (Å²) < 4.78 is 31.3. The molecule has 1 atom stereocenters. The van der Waals surface area contributed by atoms with Crippen LogP contribution in [0.25, 0.3) is 0 Å². The molecular formula is C17H17F2N3O4. The van der Waals surface area contributed by atoms with Crippen LogP contribution in [0.2, 0.25) is 0 Å². The first kappa shape index (κ1) is 19.3. The number of halogens is 2. The Morgan fingerprint density at radius 1 is 1.23 bits per heavy atom. The van der Waals surface area contributed by atoms with E-state index in [1.807, 2.05) is 0 Å². The summed E-state index contributed by atoms with van der Waals surface area (Å²) in [5.74, 6) is -2.12. The van der Waals surface area contributed by atoms with Crippen molar-refractivity contribution in [2.24, 2.45) is 0 Å². The van der Waals surface area contributed by atoms with Gasteiger partial charge in [0.25, 0.3) is 5.69 Å². The Morgan fingerprint density at radius 2 is 1.96 bits per heavy atom. The molecule has 0 aliphatic rings. The van der Waals surface area contributed by atoms with E-state index in [0.717, 1.165) is 12.1 Å². The smallest absolute Gasteiger partial charge is 0.271 e. The third kappa shape index (κ3) is 4.73. The Balaban J connectivity index is 2.01. The standard InChI is InChI=1S/C17H17F2N3O4/c1-10(11-3-5-13(18)14(19)7-11)20-9-17(23)21-15-8-12(22(24)25)4-6-16(15)26-2/h3-8,10,20H,9H2,1-2H3,(H,21,23)/t10-/m1/s1. The van der Waals surface area contributed by atoms with Crippen LogP contribution in [0, 0.1) is 21.7 Å². The number of nitro groups is 1. The van der Waals surface area contributed by atoms with Crippen LogP contribution >= 0.6 is 0 Å². The highest BCUT2D eigenvalue weighted by atomic mass is 19.2. The van der Waals surface area contributed by atoms with Crippen molar-refractivity contribution >= 4 is 17.3 Å². The first-order chi connectivity index (χ1) is 12.3. The van der Waals surface area contributed by atoms with E-state index in [4.69, 9.17) is 4.74 Å². The molecule has 0 aromatic heterocycles. The lowest BCUT2D eigenvalue weighted by Crippen LogP contribution is -2.30. The number of benzene rings is 2. The zero-order valence-electron chi connectivity index (χ0n) is 14.1. The van der Waals surface area contributed by atoms with Crippen molar-refractivity contribution in [3.05, 3.63) is 63.7 Å². The van der Waals surface area contributed by atoms with Crippen molar-refractivity contribution in [3.8, 4) is 5.75 Å². The summed E-state index contributed by atoms with van der Waals surface area (Å²) in [6.07, 6.45) is 0. The topological polar surface area (TPSA) is 93.5 Å².